The maximum Gasteiger partial charge on any atom is 0.196 e. The molecule has 1 unspecified atom stereocenters. The van der Waals surface area contributed by atoms with Gasteiger partial charge in [-0.25, -0.2) is 4.39 Å². The minimum atomic E-state index is -1.42. The molecule has 0 N–H and O–H groups in total. The molecule has 1 rings (SSSR count). The fourth-order valence-corrected chi connectivity index (χ4v) is 1.26. The second-order valence-corrected chi connectivity index (χ2v) is 3.76. The topological polar surface area (TPSA) is 17.1 Å². The summed E-state index contributed by atoms with van der Waals surface area (Å²) in [7, 11) is 0. The summed E-state index contributed by atoms with van der Waals surface area (Å²) in [5.41, 5.74) is 1.61. The van der Waals surface area contributed by atoms with E-state index in [1.807, 2.05) is 12.1 Å². The highest BCUT2D eigenvalue weighted by atomic mass is 19.1. The molecule has 1 nitrogen and oxygen atoms in total. The number of Topliss-reactive ketones (excluding diaryl/α,β-unsaturated/α-hetero) is 1. The SMILES string of the molecule is CC(F)C(=O)c1ccc(C(C)C)cc1. The third kappa shape index (κ3) is 2.41. The van der Waals surface area contributed by atoms with E-state index in [-0.39, 0.29) is 0 Å². The van der Waals surface area contributed by atoms with Crippen LogP contribution in [-0.2, 0) is 0 Å². The van der Waals surface area contributed by atoms with Crippen LogP contribution < -0.4 is 0 Å². The van der Waals surface area contributed by atoms with Crippen LogP contribution >= 0.6 is 0 Å². The van der Waals surface area contributed by atoms with Crippen molar-refractivity contribution < 1.29 is 9.18 Å². The van der Waals surface area contributed by atoms with E-state index >= 15 is 0 Å². The molecule has 0 aliphatic rings. The zero-order valence-corrected chi connectivity index (χ0v) is 8.75. The van der Waals surface area contributed by atoms with Gasteiger partial charge in [0.2, 0.25) is 0 Å². The third-order valence-electron chi connectivity index (χ3n) is 2.22. The molecule has 1 aromatic rings. The molecule has 0 fully saturated rings. The first-order valence-electron chi connectivity index (χ1n) is 4.80. The van der Waals surface area contributed by atoms with Crippen LogP contribution in [0, 0.1) is 0 Å². The van der Waals surface area contributed by atoms with Crippen molar-refractivity contribution in [3.8, 4) is 0 Å². The highest BCUT2D eigenvalue weighted by Crippen LogP contribution is 2.15. The molecule has 1 atom stereocenters. The number of benzene rings is 1. The van der Waals surface area contributed by atoms with Gasteiger partial charge in [-0.1, -0.05) is 38.1 Å². The highest BCUT2D eigenvalue weighted by Gasteiger charge is 2.13. The summed E-state index contributed by atoms with van der Waals surface area (Å²) >= 11 is 0. The maximum absolute atomic E-state index is 12.7. The summed E-state index contributed by atoms with van der Waals surface area (Å²) in [6.45, 7) is 5.42. The number of rotatable bonds is 3. The van der Waals surface area contributed by atoms with Crippen LogP contribution in [0.5, 0.6) is 0 Å². The zero-order valence-electron chi connectivity index (χ0n) is 8.75. The van der Waals surface area contributed by atoms with Crippen molar-refractivity contribution in [2.75, 3.05) is 0 Å². The molecule has 0 saturated carbocycles. The second-order valence-electron chi connectivity index (χ2n) is 3.76. The van der Waals surface area contributed by atoms with E-state index in [0.29, 0.717) is 11.5 Å². The highest BCUT2D eigenvalue weighted by molar-refractivity contribution is 5.99. The lowest BCUT2D eigenvalue weighted by Crippen LogP contribution is -2.11. The summed E-state index contributed by atoms with van der Waals surface area (Å²) in [4.78, 5) is 11.3. The predicted octanol–water partition coefficient (Wildman–Crippen LogP) is 3.35. The monoisotopic (exact) mass is 194 g/mol. The van der Waals surface area contributed by atoms with Crippen LogP contribution in [0.3, 0.4) is 0 Å². The van der Waals surface area contributed by atoms with Gasteiger partial charge in [-0.15, -0.1) is 0 Å². The molecule has 0 spiro atoms. The fourth-order valence-electron chi connectivity index (χ4n) is 1.26. The summed E-state index contributed by atoms with van der Waals surface area (Å²) in [5.74, 6) is -0.0118. The van der Waals surface area contributed by atoms with Crippen molar-refractivity contribution >= 4 is 5.78 Å². The average Bonchev–Trinajstić information content (AvgIpc) is 2.16. The molecule has 14 heavy (non-hydrogen) atoms. The number of hydrogen-bond donors (Lipinski definition) is 0. The molecule has 0 aliphatic heterocycles. The van der Waals surface area contributed by atoms with Crippen molar-refractivity contribution in [1.29, 1.82) is 0 Å². The quantitative estimate of drug-likeness (QED) is 0.674. The lowest BCUT2D eigenvalue weighted by molar-refractivity contribution is 0.0893. The van der Waals surface area contributed by atoms with Crippen LogP contribution in [0.15, 0.2) is 24.3 Å². The van der Waals surface area contributed by atoms with Gasteiger partial charge in [0.1, 0.15) is 0 Å². The second kappa shape index (κ2) is 4.36. The first-order valence-corrected chi connectivity index (χ1v) is 4.80. The van der Waals surface area contributed by atoms with Crippen molar-refractivity contribution in [2.24, 2.45) is 0 Å². The number of alkyl halides is 1. The summed E-state index contributed by atoms with van der Waals surface area (Å²) in [6, 6.07) is 7.13. The van der Waals surface area contributed by atoms with E-state index in [1.165, 1.54) is 6.92 Å². The largest absolute Gasteiger partial charge is 0.291 e. The van der Waals surface area contributed by atoms with E-state index in [2.05, 4.69) is 13.8 Å². The van der Waals surface area contributed by atoms with E-state index in [1.54, 1.807) is 12.1 Å². The molecule has 0 amide bonds. The maximum atomic E-state index is 12.7. The lowest BCUT2D eigenvalue weighted by atomic mass is 10.00. The number of ketones is 1. The molecule has 0 heterocycles. The number of hydrogen-bond acceptors (Lipinski definition) is 1. The Bertz CT molecular complexity index is 312. The number of carbonyl (C=O) groups excluding carboxylic acids is 1. The third-order valence-corrected chi connectivity index (χ3v) is 2.22. The van der Waals surface area contributed by atoms with Crippen molar-refractivity contribution in [1.82, 2.24) is 0 Å². The number of carbonyl (C=O) groups is 1. The Kier molecular flexibility index (Phi) is 3.39. The Morgan fingerprint density at radius 1 is 1.14 bits per heavy atom. The van der Waals surface area contributed by atoms with E-state index in [0.717, 1.165) is 5.56 Å². The van der Waals surface area contributed by atoms with Crippen molar-refractivity contribution in [3.63, 3.8) is 0 Å². The van der Waals surface area contributed by atoms with Gasteiger partial charge in [-0.05, 0) is 18.4 Å². The number of halogens is 1. The van der Waals surface area contributed by atoms with Crippen LogP contribution in [0.4, 0.5) is 4.39 Å². The van der Waals surface area contributed by atoms with Gasteiger partial charge in [-0.2, -0.15) is 0 Å². The van der Waals surface area contributed by atoms with Gasteiger partial charge in [0, 0.05) is 5.56 Å². The van der Waals surface area contributed by atoms with Gasteiger partial charge in [0.25, 0.3) is 0 Å². The molecule has 2 heteroatoms. The Morgan fingerprint density at radius 2 is 1.64 bits per heavy atom. The Balaban J connectivity index is 2.89. The minimum Gasteiger partial charge on any atom is -0.291 e. The van der Waals surface area contributed by atoms with Crippen LogP contribution in [0.25, 0.3) is 0 Å². The normalized spacial score (nSPS) is 12.9. The Labute approximate surface area is 83.9 Å². The van der Waals surface area contributed by atoms with Gasteiger partial charge < -0.3 is 0 Å². The predicted molar refractivity (Wildman–Crippen MR) is 55.4 cm³/mol. The molecule has 0 bridgehead atoms. The molecular formula is C12H15FO. The summed E-state index contributed by atoms with van der Waals surface area (Å²) in [6.07, 6.45) is -1.42. The van der Waals surface area contributed by atoms with E-state index in [9.17, 15) is 9.18 Å². The first-order chi connectivity index (χ1) is 6.52. The van der Waals surface area contributed by atoms with Crippen LogP contribution in [0.2, 0.25) is 0 Å². The average molecular weight is 194 g/mol. The molecular weight excluding hydrogens is 179 g/mol. The molecule has 0 radical (unpaired) electrons. The summed E-state index contributed by atoms with van der Waals surface area (Å²) < 4.78 is 12.7. The van der Waals surface area contributed by atoms with Gasteiger partial charge >= 0.3 is 0 Å². The molecule has 0 saturated heterocycles. The smallest absolute Gasteiger partial charge is 0.196 e. The van der Waals surface area contributed by atoms with Crippen LogP contribution in [0.1, 0.15) is 42.6 Å². The molecule has 76 valence electrons. The minimum absolute atomic E-state index is 0.432. The van der Waals surface area contributed by atoms with Gasteiger partial charge in [-0.3, -0.25) is 4.79 Å². The summed E-state index contributed by atoms with van der Waals surface area (Å²) in [5, 5.41) is 0. The lowest BCUT2D eigenvalue weighted by Gasteiger charge is -2.06. The fraction of sp³-hybridized carbons (Fsp3) is 0.417. The standard InChI is InChI=1S/C12H15FO/c1-8(2)10-4-6-11(7-5-10)12(14)9(3)13/h4-9H,1-3H3. The van der Waals surface area contributed by atoms with E-state index in [4.69, 9.17) is 0 Å². The Morgan fingerprint density at radius 3 is 2.00 bits per heavy atom. The van der Waals surface area contributed by atoms with Gasteiger partial charge in [0.05, 0.1) is 0 Å². The van der Waals surface area contributed by atoms with Gasteiger partial charge in [0.15, 0.2) is 12.0 Å². The molecule has 0 aromatic heterocycles. The van der Waals surface area contributed by atoms with Crippen LogP contribution in [-0.4, -0.2) is 12.0 Å². The van der Waals surface area contributed by atoms with Crippen molar-refractivity contribution in [2.45, 2.75) is 32.9 Å². The zero-order chi connectivity index (χ0) is 10.7. The Hall–Kier alpha value is -1.18. The molecule has 0 aliphatic carbocycles. The van der Waals surface area contributed by atoms with E-state index < -0.39 is 12.0 Å². The first kappa shape index (κ1) is 10.9. The molecule has 1 aromatic carbocycles. The van der Waals surface area contributed by atoms with Crippen molar-refractivity contribution in [3.05, 3.63) is 35.4 Å².